The molecule has 0 saturated heterocycles. The van der Waals surface area contributed by atoms with Crippen LogP contribution in [0.2, 0.25) is 0 Å². The lowest BCUT2D eigenvalue weighted by atomic mass is 10.1. The molecule has 2 nitrogen and oxygen atoms in total. The third kappa shape index (κ3) is 3.10. The number of nitrogens with one attached hydrogen (secondary N) is 2. The fraction of sp³-hybridized carbons (Fsp3) is 0.400. The Morgan fingerprint density at radius 1 is 1.23 bits per heavy atom. The van der Waals surface area contributed by atoms with Gasteiger partial charge in [-0.05, 0) is 31.8 Å². The van der Waals surface area contributed by atoms with Gasteiger partial charge < -0.3 is 10.6 Å². The molecular formula is C10H15BrN2. The lowest BCUT2D eigenvalue weighted by Gasteiger charge is -2.15. The van der Waals surface area contributed by atoms with Crippen molar-refractivity contribution in [1.82, 2.24) is 10.6 Å². The minimum Gasteiger partial charge on any atom is -0.318 e. The van der Waals surface area contributed by atoms with Gasteiger partial charge in [-0.2, -0.15) is 0 Å². The molecule has 1 rings (SSSR count). The Morgan fingerprint density at radius 2 is 1.85 bits per heavy atom. The van der Waals surface area contributed by atoms with Gasteiger partial charge in [0, 0.05) is 17.1 Å². The monoisotopic (exact) mass is 242 g/mol. The SMILES string of the molecule is CNCC(NC)c1ccc(Br)cc1. The Hall–Kier alpha value is -0.380. The quantitative estimate of drug-likeness (QED) is 0.844. The van der Waals surface area contributed by atoms with Crippen LogP contribution in [0.25, 0.3) is 0 Å². The van der Waals surface area contributed by atoms with Gasteiger partial charge in [-0.25, -0.2) is 0 Å². The summed E-state index contributed by atoms with van der Waals surface area (Å²) in [7, 11) is 3.94. The molecule has 0 spiro atoms. The smallest absolute Gasteiger partial charge is 0.0444 e. The standard InChI is InChI=1S/C10H15BrN2/c1-12-7-10(13-2)8-3-5-9(11)6-4-8/h3-6,10,12-13H,7H2,1-2H3. The van der Waals surface area contributed by atoms with Crippen molar-refractivity contribution >= 4 is 15.9 Å². The summed E-state index contributed by atoms with van der Waals surface area (Å²) < 4.78 is 1.12. The highest BCUT2D eigenvalue weighted by atomic mass is 79.9. The number of halogens is 1. The molecule has 3 heteroatoms. The summed E-state index contributed by atoms with van der Waals surface area (Å²) in [6, 6.07) is 8.77. The average Bonchev–Trinajstić information content (AvgIpc) is 2.16. The molecule has 72 valence electrons. The topological polar surface area (TPSA) is 24.1 Å². The summed E-state index contributed by atoms with van der Waals surface area (Å²) in [6.07, 6.45) is 0. The van der Waals surface area contributed by atoms with Crippen LogP contribution in [0.5, 0.6) is 0 Å². The number of hydrogen-bond donors (Lipinski definition) is 2. The number of rotatable bonds is 4. The van der Waals surface area contributed by atoms with Crippen LogP contribution in [0.3, 0.4) is 0 Å². The highest BCUT2D eigenvalue weighted by Gasteiger charge is 2.06. The predicted molar refractivity (Wildman–Crippen MR) is 59.9 cm³/mol. The van der Waals surface area contributed by atoms with Crippen LogP contribution in [0.15, 0.2) is 28.7 Å². The van der Waals surface area contributed by atoms with Crippen molar-refractivity contribution in [1.29, 1.82) is 0 Å². The van der Waals surface area contributed by atoms with Gasteiger partial charge in [0.1, 0.15) is 0 Å². The molecule has 0 bridgehead atoms. The van der Waals surface area contributed by atoms with Crippen LogP contribution in [-0.4, -0.2) is 20.6 Å². The summed E-state index contributed by atoms with van der Waals surface area (Å²) in [5.41, 5.74) is 1.31. The van der Waals surface area contributed by atoms with E-state index in [2.05, 4.69) is 50.8 Å². The first-order chi connectivity index (χ1) is 6.27. The van der Waals surface area contributed by atoms with E-state index in [1.54, 1.807) is 0 Å². The average molecular weight is 243 g/mol. The largest absolute Gasteiger partial charge is 0.318 e. The van der Waals surface area contributed by atoms with Crippen molar-refractivity contribution in [3.63, 3.8) is 0 Å². The third-order valence-electron chi connectivity index (χ3n) is 2.03. The van der Waals surface area contributed by atoms with Gasteiger partial charge >= 0.3 is 0 Å². The predicted octanol–water partition coefficient (Wildman–Crippen LogP) is 1.93. The molecule has 1 aromatic carbocycles. The lowest BCUT2D eigenvalue weighted by Crippen LogP contribution is -2.27. The van der Waals surface area contributed by atoms with E-state index in [0.717, 1.165) is 11.0 Å². The van der Waals surface area contributed by atoms with Crippen LogP contribution in [0.4, 0.5) is 0 Å². The highest BCUT2D eigenvalue weighted by Crippen LogP contribution is 2.15. The van der Waals surface area contributed by atoms with Gasteiger partial charge in [-0.1, -0.05) is 28.1 Å². The first-order valence-electron chi connectivity index (χ1n) is 4.35. The second kappa shape index (κ2) is 5.37. The van der Waals surface area contributed by atoms with Crippen molar-refractivity contribution in [2.75, 3.05) is 20.6 Å². The van der Waals surface area contributed by atoms with Gasteiger partial charge in [0.25, 0.3) is 0 Å². The van der Waals surface area contributed by atoms with Crippen molar-refractivity contribution in [2.45, 2.75) is 6.04 Å². The maximum atomic E-state index is 3.42. The van der Waals surface area contributed by atoms with Crippen LogP contribution >= 0.6 is 15.9 Å². The molecule has 1 aromatic rings. The molecule has 0 saturated carbocycles. The summed E-state index contributed by atoms with van der Waals surface area (Å²) >= 11 is 3.42. The molecule has 0 aromatic heterocycles. The van der Waals surface area contributed by atoms with E-state index in [9.17, 15) is 0 Å². The minimum absolute atomic E-state index is 0.387. The van der Waals surface area contributed by atoms with Gasteiger partial charge in [0.05, 0.1) is 0 Å². The van der Waals surface area contributed by atoms with Crippen molar-refractivity contribution in [3.8, 4) is 0 Å². The second-order valence-corrected chi connectivity index (χ2v) is 3.87. The van der Waals surface area contributed by atoms with Gasteiger partial charge in [0.15, 0.2) is 0 Å². The van der Waals surface area contributed by atoms with Gasteiger partial charge in [0.2, 0.25) is 0 Å². The maximum Gasteiger partial charge on any atom is 0.0444 e. The Balaban J connectivity index is 2.73. The molecule has 0 aliphatic rings. The maximum absolute atomic E-state index is 3.42. The lowest BCUT2D eigenvalue weighted by molar-refractivity contribution is 0.558. The Kier molecular flexibility index (Phi) is 4.42. The van der Waals surface area contributed by atoms with E-state index >= 15 is 0 Å². The molecule has 0 aliphatic heterocycles. The van der Waals surface area contributed by atoms with E-state index < -0.39 is 0 Å². The highest BCUT2D eigenvalue weighted by molar-refractivity contribution is 9.10. The zero-order chi connectivity index (χ0) is 9.68. The fourth-order valence-electron chi connectivity index (χ4n) is 1.29. The van der Waals surface area contributed by atoms with Gasteiger partial charge in [-0.3, -0.25) is 0 Å². The van der Waals surface area contributed by atoms with Crippen LogP contribution < -0.4 is 10.6 Å². The van der Waals surface area contributed by atoms with Crippen LogP contribution in [-0.2, 0) is 0 Å². The number of hydrogen-bond acceptors (Lipinski definition) is 2. The number of benzene rings is 1. The molecule has 0 radical (unpaired) electrons. The van der Waals surface area contributed by atoms with E-state index in [4.69, 9.17) is 0 Å². The Labute approximate surface area is 87.9 Å². The van der Waals surface area contributed by atoms with Crippen molar-refractivity contribution < 1.29 is 0 Å². The summed E-state index contributed by atoms with van der Waals surface area (Å²) in [4.78, 5) is 0. The van der Waals surface area contributed by atoms with E-state index in [-0.39, 0.29) is 0 Å². The fourth-order valence-corrected chi connectivity index (χ4v) is 1.55. The first-order valence-corrected chi connectivity index (χ1v) is 5.14. The molecule has 0 aliphatic carbocycles. The molecular weight excluding hydrogens is 228 g/mol. The van der Waals surface area contributed by atoms with Crippen LogP contribution in [0, 0.1) is 0 Å². The van der Waals surface area contributed by atoms with Crippen LogP contribution in [0.1, 0.15) is 11.6 Å². The van der Waals surface area contributed by atoms with Crippen molar-refractivity contribution in [3.05, 3.63) is 34.3 Å². The molecule has 1 unspecified atom stereocenters. The first kappa shape index (κ1) is 10.7. The Morgan fingerprint density at radius 3 is 2.31 bits per heavy atom. The zero-order valence-electron chi connectivity index (χ0n) is 7.97. The molecule has 0 amide bonds. The van der Waals surface area contributed by atoms with E-state index in [1.807, 2.05) is 14.1 Å². The number of likely N-dealkylation sites (N-methyl/N-ethyl adjacent to an activating group) is 2. The van der Waals surface area contributed by atoms with Crippen molar-refractivity contribution in [2.24, 2.45) is 0 Å². The minimum atomic E-state index is 0.387. The van der Waals surface area contributed by atoms with E-state index in [1.165, 1.54) is 5.56 Å². The molecule has 2 N–H and O–H groups in total. The third-order valence-corrected chi connectivity index (χ3v) is 2.56. The summed E-state index contributed by atoms with van der Waals surface area (Å²) in [5, 5.41) is 6.42. The van der Waals surface area contributed by atoms with E-state index in [0.29, 0.717) is 6.04 Å². The molecule has 0 heterocycles. The summed E-state index contributed by atoms with van der Waals surface area (Å²) in [5.74, 6) is 0. The molecule has 1 atom stereocenters. The van der Waals surface area contributed by atoms with Gasteiger partial charge in [-0.15, -0.1) is 0 Å². The normalized spacial score (nSPS) is 12.8. The molecule has 0 fully saturated rings. The second-order valence-electron chi connectivity index (χ2n) is 2.95. The Bertz CT molecular complexity index is 246. The summed E-state index contributed by atoms with van der Waals surface area (Å²) in [6.45, 7) is 0.943. The zero-order valence-corrected chi connectivity index (χ0v) is 9.56. The molecule has 13 heavy (non-hydrogen) atoms.